The fourth-order valence-electron chi connectivity index (χ4n) is 3.02. The zero-order valence-electron chi connectivity index (χ0n) is 14.8. The van der Waals surface area contributed by atoms with E-state index in [4.69, 9.17) is 0 Å². The Kier molecular flexibility index (Phi) is 4.83. The summed E-state index contributed by atoms with van der Waals surface area (Å²) < 4.78 is 13.8. The van der Waals surface area contributed by atoms with Crippen molar-refractivity contribution in [2.45, 2.75) is 13.1 Å². The van der Waals surface area contributed by atoms with Crippen LogP contribution in [0.5, 0.6) is 0 Å². The molecule has 0 radical (unpaired) electrons. The number of hydrogen-bond acceptors (Lipinski definition) is 4. The standard InChI is InChI=1S/C21H18FN3OS/c1-25(12-15-9-5-6-10-17(15)22)13-19-23-20(26)16-11-18(27-21(16)24-19)14-7-3-2-4-8-14/h2-11H,12-13H2,1H3,(H,23,24,26). The van der Waals surface area contributed by atoms with Crippen LogP contribution in [0.1, 0.15) is 11.4 Å². The van der Waals surface area contributed by atoms with E-state index in [2.05, 4.69) is 9.97 Å². The van der Waals surface area contributed by atoms with Gasteiger partial charge in [0, 0.05) is 17.0 Å². The SMILES string of the molecule is CN(Cc1nc2sc(-c3ccccc3)cc2c(=O)[nH]1)Cc1ccccc1F. The molecule has 0 aliphatic heterocycles. The van der Waals surface area contributed by atoms with Crippen LogP contribution < -0.4 is 5.56 Å². The molecule has 0 aliphatic carbocycles. The maximum atomic E-state index is 13.8. The lowest BCUT2D eigenvalue weighted by molar-refractivity contribution is 0.305. The van der Waals surface area contributed by atoms with Crippen molar-refractivity contribution in [3.8, 4) is 10.4 Å². The van der Waals surface area contributed by atoms with Gasteiger partial charge in [0.15, 0.2) is 0 Å². The van der Waals surface area contributed by atoms with Crippen molar-refractivity contribution in [1.82, 2.24) is 14.9 Å². The summed E-state index contributed by atoms with van der Waals surface area (Å²) in [7, 11) is 1.88. The van der Waals surface area contributed by atoms with E-state index in [1.54, 1.807) is 12.1 Å². The molecule has 1 N–H and O–H groups in total. The number of H-pyrrole nitrogens is 1. The Bertz CT molecular complexity index is 1140. The number of nitrogens with zero attached hydrogens (tertiary/aromatic N) is 2. The lowest BCUT2D eigenvalue weighted by Crippen LogP contribution is -2.22. The minimum Gasteiger partial charge on any atom is -0.309 e. The molecule has 0 saturated heterocycles. The average molecular weight is 379 g/mol. The molecule has 0 atom stereocenters. The van der Waals surface area contributed by atoms with E-state index in [-0.39, 0.29) is 11.4 Å². The van der Waals surface area contributed by atoms with Crippen molar-refractivity contribution in [2.24, 2.45) is 0 Å². The van der Waals surface area contributed by atoms with Crippen molar-refractivity contribution in [1.29, 1.82) is 0 Å². The quantitative estimate of drug-likeness (QED) is 0.558. The number of aromatic amines is 1. The molecular formula is C21H18FN3OS. The third kappa shape index (κ3) is 3.82. The molecule has 2 heterocycles. The highest BCUT2D eigenvalue weighted by atomic mass is 32.1. The summed E-state index contributed by atoms with van der Waals surface area (Å²) >= 11 is 1.50. The predicted octanol–water partition coefficient (Wildman–Crippen LogP) is 4.42. The first-order valence-corrected chi connectivity index (χ1v) is 9.42. The van der Waals surface area contributed by atoms with Gasteiger partial charge in [-0.3, -0.25) is 9.69 Å². The Morgan fingerprint density at radius 1 is 1.07 bits per heavy atom. The van der Waals surface area contributed by atoms with Crippen molar-refractivity contribution >= 4 is 21.6 Å². The van der Waals surface area contributed by atoms with Gasteiger partial charge in [-0.1, -0.05) is 48.5 Å². The number of rotatable bonds is 5. The van der Waals surface area contributed by atoms with Crippen LogP contribution in [0, 0.1) is 5.82 Å². The monoisotopic (exact) mass is 379 g/mol. The summed E-state index contributed by atoms with van der Waals surface area (Å²) in [5, 5.41) is 0.597. The lowest BCUT2D eigenvalue weighted by atomic mass is 10.2. The first-order chi connectivity index (χ1) is 13.1. The fraction of sp³-hybridized carbons (Fsp3) is 0.143. The lowest BCUT2D eigenvalue weighted by Gasteiger charge is -2.16. The smallest absolute Gasteiger partial charge is 0.259 e. The van der Waals surface area contributed by atoms with Gasteiger partial charge in [0.05, 0.1) is 11.9 Å². The van der Waals surface area contributed by atoms with Crippen LogP contribution >= 0.6 is 11.3 Å². The summed E-state index contributed by atoms with van der Waals surface area (Å²) in [5.41, 5.74) is 1.54. The summed E-state index contributed by atoms with van der Waals surface area (Å²) in [6.45, 7) is 0.867. The molecule has 136 valence electrons. The molecule has 0 fully saturated rings. The van der Waals surface area contributed by atoms with Gasteiger partial charge in [-0.05, 0) is 24.7 Å². The Balaban J connectivity index is 1.59. The van der Waals surface area contributed by atoms with Crippen LogP contribution in [-0.4, -0.2) is 21.9 Å². The highest BCUT2D eigenvalue weighted by molar-refractivity contribution is 7.21. The number of thiophene rings is 1. The number of nitrogens with one attached hydrogen (secondary N) is 1. The normalized spacial score (nSPS) is 11.4. The number of fused-ring (bicyclic) bond motifs is 1. The number of halogens is 1. The molecule has 4 aromatic rings. The minimum atomic E-state index is -0.230. The van der Waals surface area contributed by atoms with Gasteiger partial charge in [0.25, 0.3) is 5.56 Å². The van der Waals surface area contributed by atoms with Gasteiger partial charge in [0.2, 0.25) is 0 Å². The zero-order chi connectivity index (χ0) is 18.8. The molecule has 4 nitrogen and oxygen atoms in total. The number of aromatic nitrogens is 2. The Labute approximate surface area is 159 Å². The van der Waals surface area contributed by atoms with E-state index in [0.717, 1.165) is 10.4 Å². The molecule has 2 aromatic heterocycles. The molecule has 0 amide bonds. The molecule has 2 aromatic carbocycles. The maximum absolute atomic E-state index is 13.8. The second-order valence-corrected chi connectivity index (χ2v) is 7.50. The minimum absolute atomic E-state index is 0.146. The molecule has 27 heavy (non-hydrogen) atoms. The van der Waals surface area contributed by atoms with Crippen LogP contribution in [-0.2, 0) is 13.1 Å². The van der Waals surface area contributed by atoms with Crippen LogP contribution in [0.3, 0.4) is 0 Å². The van der Waals surface area contributed by atoms with Crippen LogP contribution in [0.4, 0.5) is 4.39 Å². The van der Waals surface area contributed by atoms with Gasteiger partial charge < -0.3 is 4.98 Å². The van der Waals surface area contributed by atoms with E-state index >= 15 is 0 Å². The number of hydrogen-bond donors (Lipinski definition) is 1. The molecule has 0 bridgehead atoms. The van der Waals surface area contributed by atoms with Gasteiger partial charge in [-0.2, -0.15) is 0 Å². The van der Waals surface area contributed by atoms with Gasteiger partial charge >= 0.3 is 0 Å². The Morgan fingerprint density at radius 2 is 1.81 bits per heavy atom. The molecule has 0 aliphatic rings. The van der Waals surface area contributed by atoms with E-state index in [1.807, 2.05) is 54.4 Å². The van der Waals surface area contributed by atoms with E-state index in [0.29, 0.717) is 34.7 Å². The van der Waals surface area contributed by atoms with Gasteiger partial charge in [-0.25, -0.2) is 9.37 Å². The van der Waals surface area contributed by atoms with Crippen LogP contribution in [0.25, 0.3) is 20.7 Å². The van der Waals surface area contributed by atoms with Crippen molar-refractivity contribution in [3.63, 3.8) is 0 Å². The predicted molar refractivity (Wildman–Crippen MR) is 107 cm³/mol. The Morgan fingerprint density at radius 3 is 2.59 bits per heavy atom. The van der Waals surface area contributed by atoms with Gasteiger partial charge in [0.1, 0.15) is 16.5 Å². The first kappa shape index (κ1) is 17.6. The van der Waals surface area contributed by atoms with Crippen LogP contribution in [0.15, 0.2) is 65.5 Å². The highest BCUT2D eigenvalue weighted by Crippen LogP contribution is 2.30. The van der Waals surface area contributed by atoms with Crippen molar-refractivity contribution < 1.29 is 4.39 Å². The molecule has 6 heteroatoms. The topological polar surface area (TPSA) is 49.0 Å². The van der Waals surface area contributed by atoms with E-state index in [1.165, 1.54) is 17.4 Å². The third-order valence-electron chi connectivity index (χ3n) is 4.33. The van der Waals surface area contributed by atoms with Gasteiger partial charge in [-0.15, -0.1) is 11.3 Å². The molecular weight excluding hydrogens is 361 g/mol. The van der Waals surface area contributed by atoms with Crippen LogP contribution in [0.2, 0.25) is 0 Å². The fourth-order valence-corrected chi connectivity index (χ4v) is 4.08. The summed E-state index contributed by atoms with van der Waals surface area (Å²) in [6, 6.07) is 18.5. The molecule has 4 rings (SSSR count). The van der Waals surface area contributed by atoms with E-state index < -0.39 is 0 Å². The average Bonchev–Trinajstić information content (AvgIpc) is 3.09. The third-order valence-corrected chi connectivity index (χ3v) is 5.41. The zero-order valence-corrected chi connectivity index (χ0v) is 15.6. The van der Waals surface area contributed by atoms with E-state index in [9.17, 15) is 9.18 Å². The summed E-state index contributed by atoms with van der Waals surface area (Å²) in [6.07, 6.45) is 0. The first-order valence-electron chi connectivity index (χ1n) is 8.60. The maximum Gasteiger partial charge on any atom is 0.259 e. The second kappa shape index (κ2) is 7.42. The molecule has 0 saturated carbocycles. The van der Waals surface area contributed by atoms with Crippen molar-refractivity contribution in [3.05, 3.63) is 88.2 Å². The molecule has 0 unspecified atom stereocenters. The molecule has 0 spiro atoms. The largest absolute Gasteiger partial charge is 0.309 e. The summed E-state index contributed by atoms with van der Waals surface area (Å²) in [4.78, 5) is 23.6. The Hall–Kier alpha value is -2.83. The highest BCUT2D eigenvalue weighted by Gasteiger charge is 2.12. The number of benzene rings is 2. The van der Waals surface area contributed by atoms with Crippen molar-refractivity contribution in [2.75, 3.05) is 7.05 Å². The second-order valence-electron chi connectivity index (χ2n) is 6.47. The summed E-state index contributed by atoms with van der Waals surface area (Å²) in [5.74, 6) is 0.347.